The highest BCUT2D eigenvalue weighted by Crippen LogP contribution is 2.19. The second-order valence-corrected chi connectivity index (χ2v) is 5.02. The fourth-order valence-corrected chi connectivity index (χ4v) is 2.29. The van der Waals surface area contributed by atoms with Crippen LogP contribution in [-0.2, 0) is 4.74 Å². The van der Waals surface area contributed by atoms with Crippen molar-refractivity contribution in [3.8, 4) is 0 Å². The number of aliphatic hydroxyl groups is 1. The SMILES string of the molecule is Cc1cc(N)ccc1C(=O)N1CC(CO)OCC1C. The third-order valence-electron chi connectivity index (χ3n) is 3.45. The van der Waals surface area contributed by atoms with Crippen molar-refractivity contribution in [2.45, 2.75) is 26.0 Å². The molecule has 2 rings (SSSR count). The Hall–Kier alpha value is -1.59. The summed E-state index contributed by atoms with van der Waals surface area (Å²) in [6, 6.07) is 5.28. The van der Waals surface area contributed by atoms with E-state index in [-0.39, 0.29) is 24.7 Å². The van der Waals surface area contributed by atoms with Gasteiger partial charge in [0.15, 0.2) is 0 Å². The van der Waals surface area contributed by atoms with Crippen LogP contribution < -0.4 is 5.73 Å². The normalized spacial score (nSPS) is 23.4. The standard InChI is InChI=1S/C14H20N2O3/c1-9-5-11(15)3-4-13(9)14(18)16-6-12(7-17)19-8-10(16)2/h3-5,10,12,17H,6-8,15H2,1-2H3. The second-order valence-electron chi connectivity index (χ2n) is 5.02. The summed E-state index contributed by atoms with van der Waals surface area (Å²) in [5, 5.41) is 9.16. The summed E-state index contributed by atoms with van der Waals surface area (Å²) >= 11 is 0. The lowest BCUT2D eigenvalue weighted by molar-refractivity contribution is -0.0667. The van der Waals surface area contributed by atoms with Crippen LogP contribution in [0.25, 0.3) is 0 Å². The molecule has 104 valence electrons. The predicted octanol–water partition coefficient (Wildman–Crippen LogP) is 0.799. The molecule has 0 aliphatic carbocycles. The monoisotopic (exact) mass is 264 g/mol. The number of nitrogens with zero attached hydrogens (tertiary/aromatic N) is 1. The van der Waals surface area contributed by atoms with Crippen LogP contribution in [-0.4, -0.2) is 47.8 Å². The van der Waals surface area contributed by atoms with Gasteiger partial charge < -0.3 is 20.5 Å². The molecule has 0 bridgehead atoms. The lowest BCUT2D eigenvalue weighted by Crippen LogP contribution is -2.52. The van der Waals surface area contributed by atoms with Crippen LogP contribution in [0.15, 0.2) is 18.2 Å². The van der Waals surface area contributed by atoms with Gasteiger partial charge in [-0.3, -0.25) is 4.79 Å². The highest BCUT2D eigenvalue weighted by Gasteiger charge is 2.30. The molecule has 5 heteroatoms. The minimum absolute atomic E-state index is 0.00672. The maximum absolute atomic E-state index is 12.6. The van der Waals surface area contributed by atoms with E-state index in [4.69, 9.17) is 15.6 Å². The summed E-state index contributed by atoms with van der Waals surface area (Å²) in [5.74, 6) is -0.0354. The smallest absolute Gasteiger partial charge is 0.254 e. The first-order valence-corrected chi connectivity index (χ1v) is 6.42. The van der Waals surface area contributed by atoms with Crippen molar-refractivity contribution >= 4 is 11.6 Å². The lowest BCUT2D eigenvalue weighted by Gasteiger charge is -2.37. The molecule has 0 radical (unpaired) electrons. The average Bonchev–Trinajstić information content (AvgIpc) is 2.38. The van der Waals surface area contributed by atoms with Crippen LogP contribution >= 0.6 is 0 Å². The van der Waals surface area contributed by atoms with Gasteiger partial charge in [0.2, 0.25) is 0 Å². The Morgan fingerprint density at radius 3 is 2.95 bits per heavy atom. The molecule has 3 N–H and O–H groups in total. The van der Waals surface area contributed by atoms with E-state index >= 15 is 0 Å². The number of benzene rings is 1. The number of carbonyl (C=O) groups is 1. The van der Waals surface area contributed by atoms with E-state index in [1.807, 2.05) is 13.8 Å². The fourth-order valence-electron chi connectivity index (χ4n) is 2.29. The Labute approximate surface area is 113 Å². The molecule has 1 amide bonds. The molecule has 5 nitrogen and oxygen atoms in total. The van der Waals surface area contributed by atoms with E-state index in [1.165, 1.54) is 0 Å². The largest absolute Gasteiger partial charge is 0.399 e. The van der Waals surface area contributed by atoms with E-state index < -0.39 is 0 Å². The molecule has 1 aromatic rings. The molecule has 1 aliphatic heterocycles. The Morgan fingerprint density at radius 2 is 2.32 bits per heavy atom. The topological polar surface area (TPSA) is 75.8 Å². The van der Waals surface area contributed by atoms with Crippen LogP contribution in [0.5, 0.6) is 0 Å². The molecule has 1 aromatic carbocycles. The number of nitrogen functional groups attached to an aromatic ring is 1. The number of amides is 1. The zero-order chi connectivity index (χ0) is 14.0. The molecule has 1 aliphatic rings. The van der Waals surface area contributed by atoms with Gasteiger partial charge in [0, 0.05) is 17.8 Å². The van der Waals surface area contributed by atoms with Gasteiger partial charge in [0.25, 0.3) is 5.91 Å². The van der Waals surface area contributed by atoms with Gasteiger partial charge >= 0.3 is 0 Å². The minimum atomic E-state index is -0.297. The number of carbonyl (C=O) groups excluding carboxylic acids is 1. The van der Waals surface area contributed by atoms with Gasteiger partial charge in [-0.1, -0.05) is 0 Å². The van der Waals surface area contributed by atoms with Crippen molar-refractivity contribution < 1.29 is 14.6 Å². The van der Waals surface area contributed by atoms with Gasteiger partial charge in [0.05, 0.1) is 25.4 Å². The molecule has 1 heterocycles. The van der Waals surface area contributed by atoms with Crippen molar-refractivity contribution in [1.82, 2.24) is 4.90 Å². The molecule has 1 saturated heterocycles. The van der Waals surface area contributed by atoms with Crippen LogP contribution in [0.4, 0.5) is 5.69 Å². The zero-order valence-corrected chi connectivity index (χ0v) is 11.3. The Kier molecular flexibility index (Phi) is 4.07. The molecule has 1 fully saturated rings. The number of morpholine rings is 1. The van der Waals surface area contributed by atoms with E-state index in [9.17, 15) is 4.79 Å². The number of hydrogen-bond donors (Lipinski definition) is 2. The van der Waals surface area contributed by atoms with E-state index in [2.05, 4.69) is 0 Å². The fraction of sp³-hybridized carbons (Fsp3) is 0.500. The van der Waals surface area contributed by atoms with Crippen molar-refractivity contribution in [3.63, 3.8) is 0 Å². The number of ether oxygens (including phenoxy) is 1. The summed E-state index contributed by atoms with van der Waals surface area (Å²) in [5.41, 5.74) is 7.87. The van der Waals surface area contributed by atoms with Gasteiger partial charge in [0.1, 0.15) is 0 Å². The van der Waals surface area contributed by atoms with Crippen molar-refractivity contribution in [1.29, 1.82) is 0 Å². The molecular formula is C14H20N2O3. The molecule has 2 atom stereocenters. The number of anilines is 1. The predicted molar refractivity (Wildman–Crippen MR) is 72.9 cm³/mol. The van der Waals surface area contributed by atoms with Crippen molar-refractivity contribution in [2.75, 3.05) is 25.5 Å². The molecule has 0 saturated carbocycles. The number of nitrogens with two attached hydrogens (primary N) is 1. The highest BCUT2D eigenvalue weighted by atomic mass is 16.5. The summed E-state index contributed by atoms with van der Waals surface area (Å²) in [6.07, 6.45) is -0.297. The van der Waals surface area contributed by atoms with Gasteiger partial charge in [-0.15, -0.1) is 0 Å². The van der Waals surface area contributed by atoms with Gasteiger partial charge in [-0.25, -0.2) is 0 Å². The first kappa shape index (κ1) is 13.8. The summed E-state index contributed by atoms with van der Waals surface area (Å²) in [7, 11) is 0. The second kappa shape index (κ2) is 5.59. The minimum Gasteiger partial charge on any atom is -0.399 e. The van der Waals surface area contributed by atoms with E-state index in [0.29, 0.717) is 24.4 Å². The highest BCUT2D eigenvalue weighted by molar-refractivity contribution is 5.96. The number of hydrogen-bond acceptors (Lipinski definition) is 4. The Bertz CT molecular complexity index is 476. The number of aryl methyl sites for hydroxylation is 1. The van der Waals surface area contributed by atoms with Gasteiger partial charge in [-0.05, 0) is 37.6 Å². The molecule has 0 aromatic heterocycles. The third-order valence-corrected chi connectivity index (χ3v) is 3.45. The maximum Gasteiger partial charge on any atom is 0.254 e. The maximum atomic E-state index is 12.6. The Balaban J connectivity index is 2.22. The van der Waals surface area contributed by atoms with Crippen LogP contribution in [0.3, 0.4) is 0 Å². The van der Waals surface area contributed by atoms with Crippen LogP contribution in [0, 0.1) is 6.92 Å². The molecule has 0 spiro atoms. The number of aliphatic hydroxyl groups excluding tert-OH is 1. The first-order valence-electron chi connectivity index (χ1n) is 6.42. The summed E-state index contributed by atoms with van der Waals surface area (Å²) in [6.45, 7) is 4.61. The van der Waals surface area contributed by atoms with Crippen molar-refractivity contribution in [2.24, 2.45) is 0 Å². The molecule has 19 heavy (non-hydrogen) atoms. The first-order chi connectivity index (χ1) is 9.02. The molecular weight excluding hydrogens is 244 g/mol. The average molecular weight is 264 g/mol. The van der Waals surface area contributed by atoms with Crippen LogP contribution in [0.2, 0.25) is 0 Å². The third kappa shape index (κ3) is 2.88. The van der Waals surface area contributed by atoms with Crippen molar-refractivity contribution in [3.05, 3.63) is 29.3 Å². The van der Waals surface area contributed by atoms with E-state index in [0.717, 1.165) is 5.56 Å². The summed E-state index contributed by atoms with van der Waals surface area (Å²) in [4.78, 5) is 14.3. The lowest BCUT2D eigenvalue weighted by atomic mass is 10.0. The van der Waals surface area contributed by atoms with Gasteiger partial charge in [-0.2, -0.15) is 0 Å². The zero-order valence-electron chi connectivity index (χ0n) is 11.3. The Morgan fingerprint density at radius 1 is 1.58 bits per heavy atom. The number of rotatable bonds is 2. The quantitative estimate of drug-likeness (QED) is 0.775. The van der Waals surface area contributed by atoms with E-state index in [1.54, 1.807) is 23.1 Å². The molecule has 2 unspecified atom stereocenters. The van der Waals surface area contributed by atoms with Crippen LogP contribution in [0.1, 0.15) is 22.8 Å². The summed E-state index contributed by atoms with van der Waals surface area (Å²) < 4.78 is 5.44.